The van der Waals surface area contributed by atoms with Gasteiger partial charge in [-0.05, 0) is 47.5 Å². The number of halogens is 3. The lowest BCUT2D eigenvalue weighted by molar-refractivity contribution is -0.137. The van der Waals surface area contributed by atoms with Crippen LogP contribution in [-0.4, -0.2) is 14.5 Å². The van der Waals surface area contributed by atoms with Crippen molar-refractivity contribution in [3.63, 3.8) is 0 Å². The molecule has 0 spiro atoms. The Morgan fingerprint density at radius 3 is 2.31 bits per heavy atom. The van der Waals surface area contributed by atoms with Gasteiger partial charge >= 0.3 is 6.18 Å². The number of alkyl halides is 3. The summed E-state index contributed by atoms with van der Waals surface area (Å²) in [5.74, 6) is 0.546. The van der Waals surface area contributed by atoms with E-state index in [0.717, 1.165) is 28.8 Å². The van der Waals surface area contributed by atoms with Crippen LogP contribution < -0.4 is 0 Å². The number of rotatable bonds is 2. The fourth-order valence-corrected chi connectivity index (χ4v) is 3.60. The maximum Gasteiger partial charge on any atom is 0.416 e. The normalized spacial score (nSPS) is 12.1. The highest BCUT2D eigenvalue weighted by Gasteiger charge is 2.30. The Morgan fingerprint density at radius 1 is 0.828 bits per heavy atom. The van der Waals surface area contributed by atoms with E-state index in [0.29, 0.717) is 16.9 Å². The monoisotopic (exact) mass is 391 g/mol. The molecule has 0 bridgehead atoms. The molecule has 0 aliphatic heterocycles. The van der Waals surface area contributed by atoms with Crippen molar-refractivity contribution >= 4 is 21.9 Å². The fourth-order valence-electron chi connectivity index (χ4n) is 3.60. The predicted molar refractivity (Wildman–Crippen MR) is 108 cm³/mol. The fraction of sp³-hybridized carbons (Fsp3) is 0.0870. The summed E-state index contributed by atoms with van der Waals surface area (Å²) in [6, 6.07) is 19.8. The van der Waals surface area contributed by atoms with Crippen molar-refractivity contribution in [2.45, 2.75) is 6.18 Å². The summed E-state index contributed by atoms with van der Waals surface area (Å²) in [6.07, 6.45) is -2.34. The van der Waals surface area contributed by atoms with E-state index in [-0.39, 0.29) is 0 Å². The van der Waals surface area contributed by atoms with Gasteiger partial charge in [-0.3, -0.25) is 0 Å². The van der Waals surface area contributed by atoms with Gasteiger partial charge in [-0.1, -0.05) is 30.3 Å². The Morgan fingerprint density at radius 2 is 1.55 bits per heavy atom. The van der Waals surface area contributed by atoms with Gasteiger partial charge in [0, 0.05) is 29.7 Å². The molecular formula is C23H16F3N3. The number of benzene rings is 3. The standard InChI is InChI=1S/C23H16F3N3/c1-29-11-10-17-12-16(6-9-21(17)29)14-2-4-15(5-3-14)22-27-19-8-7-18(23(24,25)26)13-20(19)28-22/h2-13H,1H3,(H,27,28). The van der Waals surface area contributed by atoms with Crippen LogP contribution in [0.5, 0.6) is 0 Å². The van der Waals surface area contributed by atoms with Crippen LogP contribution in [-0.2, 0) is 13.2 Å². The Labute approximate surface area is 164 Å². The molecule has 144 valence electrons. The number of hydrogen-bond donors (Lipinski definition) is 1. The molecule has 0 aliphatic carbocycles. The maximum absolute atomic E-state index is 12.9. The summed E-state index contributed by atoms with van der Waals surface area (Å²) in [5, 5.41) is 1.17. The zero-order valence-electron chi connectivity index (χ0n) is 15.5. The lowest BCUT2D eigenvalue weighted by atomic mass is 10.0. The first-order valence-corrected chi connectivity index (χ1v) is 9.11. The van der Waals surface area contributed by atoms with Crippen LogP contribution in [0.3, 0.4) is 0 Å². The highest BCUT2D eigenvalue weighted by Crippen LogP contribution is 2.32. The minimum atomic E-state index is -4.37. The van der Waals surface area contributed by atoms with Crippen LogP contribution >= 0.6 is 0 Å². The second kappa shape index (κ2) is 6.24. The summed E-state index contributed by atoms with van der Waals surface area (Å²) in [4.78, 5) is 7.42. The topological polar surface area (TPSA) is 33.6 Å². The van der Waals surface area contributed by atoms with E-state index in [4.69, 9.17) is 0 Å². The second-order valence-corrected chi connectivity index (χ2v) is 7.09. The Hall–Kier alpha value is -3.54. The van der Waals surface area contributed by atoms with Crippen LogP contribution in [0, 0.1) is 0 Å². The predicted octanol–water partition coefficient (Wildman–Crippen LogP) is 6.41. The molecule has 5 aromatic rings. The van der Waals surface area contributed by atoms with Gasteiger partial charge in [0.25, 0.3) is 0 Å². The van der Waals surface area contributed by atoms with E-state index >= 15 is 0 Å². The van der Waals surface area contributed by atoms with Gasteiger partial charge < -0.3 is 9.55 Å². The molecule has 0 atom stereocenters. The van der Waals surface area contributed by atoms with Gasteiger partial charge in [0.2, 0.25) is 0 Å². The molecule has 3 nitrogen and oxygen atoms in total. The number of imidazole rings is 1. The summed E-state index contributed by atoms with van der Waals surface area (Å²) in [7, 11) is 2.02. The van der Waals surface area contributed by atoms with Gasteiger partial charge in [0.05, 0.1) is 16.6 Å². The molecule has 1 N–H and O–H groups in total. The molecule has 0 aliphatic rings. The molecule has 0 fully saturated rings. The smallest absolute Gasteiger partial charge is 0.351 e. The van der Waals surface area contributed by atoms with Crippen LogP contribution in [0.4, 0.5) is 13.2 Å². The molecular weight excluding hydrogens is 375 g/mol. The van der Waals surface area contributed by atoms with Crippen LogP contribution in [0.25, 0.3) is 44.5 Å². The highest BCUT2D eigenvalue weighted by molar-refractivity contribution is 5.86. The molecule has 0 saturated heterocycles. The zero-order chi connectivity index (χ0) is 20.2. The Kier molecular flexibility index (Phi) is 3.77. The van der Waals surface area contributed by atoms with Crippen molar-refractivity contribution in [2.75, 3.05) is 0 Å². The SMILES string of the molecule is Cn1ccc2cc(-c3ccc(-c4nc5ccc(C(F)(F)F)cc5[nH]4)cc3)ccc21. The van der Waals surface area contributed by atoms with Crippen molar-refractivity contribution < 1.29 is 13.2 Å². The van der Waals surface area contributed by atoms with E-state index in [1.807, 2.05) is 37.5 Å². The summed E-state index contributed by atoms with van der Waals surface area (Å²) in [6.45, 7) is 0. The quantitative estimate of drug-likeness (QED) is 0.371. The number of aryl methyl sites for hydroxylation is 1. The van der Waals surface area contributed by atoms with Gasteiger partial charge in [0.1, 0.15) is 5.82 Å². The van der Waals surface area contributed by atoms with E-state index in [9.17, 15) is 13.2 Å². The van der Waals surface area contributed by atoms with Crippen molar-refractivity contribution in [2.24, 2.45) is 7.05 Å². The third-order valence-corrected chi connectivity index (χ3v) is 5.19. The second-order valence-electron chi connectivity index (χ2n) is 7.09. The molecule has 2 heterocycles. The van der Waals surface area contributed by atoms with Crippen LogP contribution in [0.2, 0.25) is 0 Å². The summed E-state index contributed by atoms with van der Waals surface area (Å²) in [5.41, 5.74) is 4.35. The van der Waals surface area contributed by atoms with E-state index in [2.05, 4.69) is 38.8 Å². The maximum atomic E-state index is 12.9. The average Bonchev–Trinajstić information content (AvgIpc) is 3.30. The van der Waals surface area contributed by atoms with Gasteiger partial charge in [0.15, 0.2) is 0 Å². The molecule has 0 amide bonds. The molecule has 6 heteroatoms. The van der Waals surface area contributed by atoms with Crippen molar-refractivity contribution in [1.82, 2.24) is 14.5 Å². The Balaban J connectivity index is 1.49. The summed E-state index contributed by atoms with van der Waals surface area (Å²) >= 11 is 0. The number of fused-ring (bicyclic) bond motifs is 2. The van der Waals surface area contributed by atoms with E-state index < -0.39 is 11.7 Å². The van der Waals surface area contributed by atoms with Crippen molar-refractivity contribution in [3.8, 4) is 22.5 Å². The van der Waals surface area contributed by atoms with Gasteiger partial charge in [-0.2, -0.15) is 13.2 Å². The molecule has 0 saturated carbocycles. The number of nitrogens with zero attached hydrogens (tertiary/aromatic N) is 2. The van der Waals surface area contributed by atoms with Gasteiger partial charge in [-0.15, -0.1) is 0 Å². The number of nitrogens with one attached hydrogen (secondary N) is 1. The molecule has 5 rings (SSSR count). The number of aromatic amines is 1. The number of aromatic nitrogens is 3. The third-order valence-electron chi connectivity index (χ3n) is 5.19. The van der Waals surface area contributed by atoms with Crippen molar-refractivity contribution in [3.05, 3.63) is 78.5 Å². The molecule has 29 heavy (non-hydrogen) atoms. The lowest BCUT2D eigenvalue weighted by Gasteiger charge is -2.05. The molecule has 0 unspecified atom stereocenters. The lowest BCUT2D eigenvalue weighted by Crippen LogP contribution is -2.04. The van der Waals surface area contributed by atoms with Gasteiger partial charge in [-0.25, -0.2) is 4.98 Å². The first-order chi connectivity index (χ1) is 13.9. The first-order valence-electron chi connectivity index (χ1n) is 9.11. The van der Waals surface area contributed by atoms with E-state index in [1.165, 1.54) is 17.0 Å². The minimum Gasteiger partial charge on any atom is -0.351 e. The van der Waals surface area contributed by atoms with Crippen LogP contribution in [0.1, 0.15) is 5.56 Å². The van der Waals surface area contributed by atoms with Crippen molar-refractivity contribution in [1.29, 1.82) is 0 Å². The highest BCUT2D eigenvalue weighted by atomic mass is 19.4. The average molecular weight is 391 g/mol. The number of H-pyrrole nitrogens is 1. The third kappa shape index (κ3) is 3.06. The van der Waals surface area contributed by atoms with E-state index in [1.54, 1.807) is 0 Å². The molecule has 0 radical (unpaired) electrons. The first kappa shape index (κ1) is 17.6. The minimum absolute atomic E-state index is 0.369. The molecule has 2 aromatic heterocycles. The Bertz CT molecular complexity index is 1340. The number of hydrogen-bond acceptors (Lipinski definition) is 1. The summed E-state index contributed by atoms with van der Waals surface area (Å²) < 4.78 is 40.8. The largest absolute Gasteiger partial charge is 0.416 e. The molecule has 3 aromatic carbocycles. The van der Waals surface area contributed by atoms with Crippen LogP contribution in [0.15, 0.2) is 72.9 Å². The zero-order valence-corrected chi connectivity index (χ0v) is 15.5.